The van der Waals surface area contributed by atoms with Crippen LogP contribution < -0.4 is 5.32 Å². The van der Waals surface area contributed by atoms with Crippen molar-refractivity contribution < 1.29 is 4.79 Å². The molecule has 2 atom stereocenters. The van der Waals surface area contributed by atoms with Gasteiger partial charge in [0.05, 0.1) is 5.25 Å². The van der Waals surface area contributed by atoms with Gasteiger partial charge in [-0.15, -0.1) is 11.8 Å². The maximum atomic E-state index is 12.2. The first-order valence-corrected chi connectivity index (χ1v) is 8.98. The molecule has 1 saturated heterocycles. The summed E-state index contributed by atoms with van der Waals surface area (Å²) in [7, 11) is 0. The SMILES string of the molecule is O=C(NC(CBr)Cc1ccccc1)C1CCCCS1. The van der Waals surface area contributed by atoms with E-state index in [0.29, 0.717) is 0 Å². The highest BCUT2D eigenvalue weighted by Crippen LogP contribution is 2.25. The van der Waals surface area contributed by atoms with E-state index in [0.717, 1.165) is 23.9 Å². The Balaban J connectivity index is 1.86. The van der Waals surface area contributed by atoms with E-state index in [1.54, 1.807) is 11.8 Å². The van der Waals surface area contributed by atoms with Crippen LogP contribution >= 0.6 is 27.7 Å². The number of hydrogen-bond donors (Lipinski definition) is 1. The Bertz CT molecular complexity index is 392. The Morgan fingerprint density at radius 1 is 1.37 bits per heavy atom. The largest absolute Gasteiger partial charge is 0.351 e. The zero-order chi connectivity index (χ0) is 13.5. The van der Waals surface area contributed by atoms with Gasteiger partial charge in [0.2, 0.25) is 5.91 Å². The fraction of sp³-hybridized carbons (Fsp3) is 0.533. The second-order valence-electron chi connectivity index (χ2n) is 4.90. The average molecular weight is 342 g/mol. The average Bonchev–Trinajstić information content (AvgIpc) is 2.48. The summed E-state index contributed by atoms with van der Waals surface area (Å²) in [5, 5.41) is 4.13. The van der Waals surface area contributed by atoms with Crippen LogP contribution in [0.15, 0.2) is 30.3 Å². The first kappa shape index (κ1) is 14.9. The van der Waals surface area contributed by atoms with E-state index in [9.17, 15) is 4.79 Å². The van der Waals surface area contributed by atoms with Crippen molar-refractivity contribution in [3.8, 4) is 0 Å². The molecule has 2 nitrogen and oxygen atoms in total. The van der Waals surface area contributed by atoms with Crippen molar-refractivity contribution in [2.45, 2.75) is 37.0 Å². The lowest BCUT2D eigenvalue weighted by atomic mass is 10.1. The van der Waals surface area contributed by atoms with Gasteiger partial charge in [-0.2, -0.15) is 0 Å². The van der Waals surface area contributed by atoms with Crippen molar-refractivity contribution in [1.82, 2.24) is 5.32 Å². The number of carbonyl (C=O) groups is 1. The molecule has 2 unspecified atom stereocenters. The van der Waals surface area contributed by atoms with E-state index in [-0.39, 0.29) is 17.2 Å². The molecule has 1 aromatic carbocycles. The summed E-state index contributed by atoms with van der Waals surface area (Å²) in [5.41, 5.74) is 1.27. The molecule has 4 heteroatoms. The molecule has 1 N–H and O–H groups in total. The zero-order valence-corrected chi connectivity index (χ0v) is 13.4. The van der Waals surface area contributed by atoms with Gasteiger partial charge in [-0.1, -0.05) is 52.7 Å². The van der Waals surface area contributed by atoms with Gasteiger partial charge >= 0.3 is 0 Å². The zero-order valence-electron chi connectivity index (χ0n) is 11.0. The summed E-state index contributed by atoms with van der Waals surface area (Å²) in [6.45, 7) is 0. The number of benzene rings is 1. The normalized spacial score (nSPS) is 20.8. The van der Waals surface area contributed by atoms with Crippen molar-refractivity contribution in [2.24, 2.45) is 0 Å². The van der Waals surface area contributed by atoms with Crippen LogP contribution in [0.3, 0.4) is 0 Å². The summed E-state index contributed by atoms with van der Waals surface area (Å²) in [4.78, 5) is 12.2. The molecule has 104 valence electrons. The van der Waals surface area contributed by atoms with Gasteiger partial charge in [-0.3, -0.25) is 4.79 Å². The van der Waals surface area contributed by atoms with Gasteiger partial charge in [0.25, 0.3) is 0 Å². The number of rotatable bonds is 5. The van der Waals surface area contributed by atoms with Crippen LogP contribution in [-0.2, 0) is 11.2 Å². The Morgan fingerprint density at radius 2 is 2.16 bits per heavy atom. The van der Waals surface area contributed by atoms with E-state index in [4.69, 9.17) is 0 Å². The number of carbonyl (C=O) groups excluding carboxylic acids is 1. The van der Waals surface area contributed by atoms with Crippen LogP contribution in [0, 0.1) is 0 Å². The van der Waals surface area contributed by atoms with Crippen molar-refractivity contribution >= 4 is 33.6 Å². The highest BCUT2D eigenvalue weighted by Gasteiger charge is 2.23. The molecule has 0 aliphatic carbocycles. The molecule has 1 heterocycles. The van der Waals surface area contributed by atoms with Gasteiger partial charge in [-0.25, -0.2) is 0 Å². The van der Waals surface area contributed by atoms with Crippen LogP contribution in [0.25, 0.3) is 0 Å². The van der Waals surface area contributed by atoms with Crippen LogP contribution in [0.5, 0.6) is 0 Å². The number of thioether (sulfide) groups is 1. The third kappa shape index (κ3) is 4.84. The highest BCUT2D eigenvalue weighted by molar-refractivity contribution is 9.09. The fourth-order valence-electron chi connectivity index (χ4n) is 2.28. The molecular formula is C15H20BrNOS. The first-order valence-electron chi connectivity index (χ1n) is 6.81. The Labute approximate surface area is 127 Å². The molecular weight excluding hydrogens is 322 g/mol. The molecule has 0 bridgehead atoms. The topological polar surface area (TPSA) is 29.1 Å². The van der Waals surface area contributed by atoms with Crippen LogP contribution in [0.2, 0.25) is 0 Å². The summed E-state index contributed by atoms with van der Waals surface area (Å²) in [6.07, 6.45) is 4.34. The monoisotopic (exact) mass is 341 g/mol. The Morgan fingerprint density at radius 3 is 2.79 bits per heavy atom. The van der Waals surface area contributed by atoms with Gasteiger partial charge in [0.1, 0.15) is 0 Å². The van der Waals surface area contributed by atoms with Crippen molar-refractivity contribution in [2.75, 3.05) is 11.1 Å². The standard InChI is InChI=1S/C15H20BrNOS/c16-11-13(10-12-6-2-1-3-7-12)17-15(18)14-8-4-5-9-19-14/h1-3,6-7,13-14H,4-5,8-11H2,(H,17,18). The predicted octanol–water partition coefficient (Wildman–Crippen LogP) is 3.39. The highest BCUT2D eigenvalue weighted by atomic mass is 79.9. The number of amides is 1. The number of nitrogens with one attached hydrogen (secondary N) is 1. The van der Waals surface area contributed by atoms with E-state index in [1.165, 1.54) is 18.4 Å². The smallest absolute Gasteiger partial charge is 0.233 e. The number of alkyl halides is 1. The Kier molecular flexibility index (Phi) is 6.24. The third-order valence-corrected chi connectivity index (χ3v) is 5.49. The van der Waals surface area contributed by atoms with Gasteiger partial charge in [0, 0.05) is 11.4 Å². The van der Waals surface area contributed by atoms with E-state index in [2.05, 4.69) is 33.4 Å². The van der Waals surface area contributed by atoms with Crippen molar-refractivity contribution in [3.05, 3.63) is 35.9 Å². The van der Waals surface area contributed by atoms with Gasteiger partial charge in [0.15, 0.2) is 0 Å². The predicted molar refractivity (Wildman–Crippen MR) is 86.0 cm³/mol. The second kappa shape index (κ2) is 7.95. The molecule has 1 aliphatic rings. The molecule has 0 aromatic heterocycles. The number of halogens is 1. The molecule has 2 rings (SSSR count). The van der Waals surface area contributed by atoms with E-state index < -0.39 is 0 Å². The minimum absolute atomic E-state index is 0.158. The van der Waals surface area contributed by atoms with Crippen molar-refractivity contribution in [1.29, 1.82) is 0 Å². The van der Waals surface area contributed by atoms with E-state index >= 15 is 0 Å². The molecule has 1 fully saturated rings. The molecule has 19 heavy (non-hydrogen) atoms. The summed E-state index contributed by atoms with van der Waals surface area (Å²) < 4.78 is 0. The minimum Gasteiger partial charge on any atom is -0.351 e. The molecule has 1 amide bonds. The molecule has 1 aromatic rings. The second-order valence-corrected chi connectivity index (χ2v) is 6.86. The minimum atomic E-state index is 0.158. The summed E-state index contributed by atoms with van der Waals surface area (Å²) in [6, 6.07) is 10.5. The quantitative estimate of drug-likeness (QED) is 0.831. The van der Waals surface area contributed by atoms with Gasteiger partial charge in [-0.05, 0) is 30.6 Å². The maximum absolute atomic E-state index is 12.2. The van der Waals surface area contributed by atoms with E-state index in [1.807, 2.05) is 18.2 Å². The molecule has 1 aliphatic heterocycles. The lowest BCUT2D eigenvalue weighted by Crippen LogP contribution is -2.43. The van der Waals surface area contributed by atoms with Crippen LogP contribution in [0.1, 0.15) is 24.8 Å². The van der Waals surface area contributed by atoms with Gasteiger partial charge < -0.3 is 5.32 Å². The fourth-order valence-corrected chi connectivity index (χ4v) is 3.88. The third-order valence-electron chi connectivity index (χ3n) is 3.33. The van der Waals surface area contributed by atoms with Crippen molar-refractivity contribution in [3.63, 3.8) is 0 Å². The molecule has 0 radical (unpaired) electrons. The lowest BCUT2D eigenvalue weighted by molar-refractivity contribution is -0.121. The molecule has 0 saturated carbocycles. The van der Waals surface area contributed by atoms with Crippen LogP contribution in [-0.4, -0.2) is 28.3 Å². The lowest BCUT2D eigenvalue weighted by Gasteiger charge is -2.23. The van der Waals surface area contributed by atoms with Crippen LogP contribution in [0.4, 0.5) is 0 Å². The number of hydrogen-bond acceptors (Lipinski definition) is 2. The summed E-state index contributed by atoms with van der Waals surface area (Å²) in [5.74, 6) is 1.33. The molecule has 0 spiro atoms. The summed E-state index contributed by atoms with van der Waals surface area (Å²) >= 11 is 5.31. The maximum Gasteiger partial charge on any atom is 0.233 e. The Hall–Kier alpha value is -0.480. The first-order chi connectivity index (χ1) is 9.29.